The highest BCUT2D eigenvalue weighted by atomic mass is 32.2. The Morgan fingerprint density at radius 1 is 1.00 bits per heavy atom. The van der Waals surface area contributed by atoms with Crippen molar-refractivity contribution < 1.29 is 27.8 Å². The fourth-order valence-corrected chi connectivity index (χ4v) is 4.68. The van der Waals surface area contributed by atoms with Gasteiger partial charge in [0.25, 0.3) is 15.9 Å². The summed E-state index contributed by atoms with van der Waals surface area (Å²) in [5.41, 5.74) is 4.23. The van der Waals surface area contributed by atoms with E-state index < -0.39 is 22.5 Å². The molecule has 3 aromatic carbocycles. The fourth-order valence-electron chi connectivity index (χ4n) is 3.25. The van der Waals surface area contributed by atoms with Gasteiger partial charge in [-0.25, -0.2) is 13.8 Å². The summed E-state index contributed by atoms with van der Waals surface area (Å²) in [6.07, 6.45) is 1.37. The number of benzene rings is 3. The maximum Gasteiger partial charge on any atom is 0.264 e. The molecule has 0 aliphatic heterocycles. The van der Waals surface area contributed by atoms with Crippen LogP contribution in [-0.2, 0) is 14.8 Å². The number of amides is 1. The Labute approximate surface area is 211 Å². The standard InChI is InChI=1S/C26H29N3O6S/c1-4-34-22-11-13-23(14-12-22)36(32,33)29(21-9-6-19(3)7-10-21)18-26(31)28-27-17-20-8-15-24(30)25(16-20)35-5-2/h6-17,30H,4-5,18H2,1-3H3,(H,28,31)/b27-17-. The van der Waals surface area contributed by atoms with E-state index in [4.69, 9.17) is 9.47 Å². The minimum absolute atomic E-state index is 0.00808. The van der Waals surface area contributed by atoms with Gasteiger partial charge in [0, 0.05) is 0 Å². The van der Waals surface area contributed by atoms with E-state index in [-0.39, 0.29) is 10.6 Å². The lowest BCUT2D eigenvalue weighted by molar-refractivity contribution is -0.119. The number of hydrogen-bond donors (Lipinski definition) is 2. The molecule has 10 heteroatoms. The lowest BCUT2D eigenvalue weighted by Gasteiger charge is -2.24. The number of hydrogen-bond acceptors (Lipinski definition) is 7. The van der Waals surface area contributed by atoms with E-state index in [1.165, 1.54) is 24.4 Å². The summed E-state index contributed by atoms with van der Waals surface area (Å²) in [5.74, 6) is 0.198. The number of phenols is 1. The molecule has 3 aromatic rings. The van der Waals surface area contributed by atoms with Crippen LogP contribution in [0.25, 0.3) is 0 Å². The molecule has 0 aliphatic rings. The Morgan fingerprint density at radius 2 is 1.67 bits per heavy atom. The largest absolute Gasteiger partial charge is 0.504 e. The van der Waals surface area contributed by atoms with E-state index >= 15 is 0 Å². The topological polar surface area (TPSA) is 118 Å². The fraction of sp³-hybridized carbons (Fsp3) is 0.231. The van der Waals surface area contributed by atoms with E-state index in [0.29, 0.717) is 36.0 Å². The maximum atomic E-state index is 13.5. The van der Waals surface area contributed by atoms with Crippen LogP contribution in [0.5, 0.6) is 17.2 Å². The number of carbonyl (C=O) groups excluding carboxylic acids is 1. The van der Waals surface area contributed by atoms with E-state index in [2.05, 4.69) is 10.5 Å². The molecule has 0 aliphatic carbocycles. The average molecular weight is 512 g/mol. The van der Waals surface area contributed by atoms with Gasteiger partial charge in [-0.3, -0.25) is 9.10 Å². The molecule has 3 rings (SSSR count). The van der Waals surface area contributed by atoms with Crippen LogP contribution < -0.4 is 19.2 Å². The predicted octanol–water partition coefficient (Wildman–Crippen LogP) is 3.84. The minimum atomic E-state index is -4.07. The van der Waals surface area contributed by atoms with Crippen molar-refractivity contribution in [2.45, 2.75) is 25.7 Å². The van der Waals surface area contributed by atoms with Crippen molar-refractivity contribution in [1.29, 1.82) is 0 Å². The van der Waals surface area contributed by atoms with Crippen LogP contribution in [-0.4, -0.2) is 45.4 Å². The third-order valence-corrected chi connectivity index (χ3v) is 6.81. The monoisotopic (exact) mass is 511 g/mol. The SMILES string of the molecule is CCOc1ccc(S(=O)(=O)N(CC(=O)N/N=C\c2ccc(O)c(OCC)c2)c2ccc(C)cc2)cc1. The molecule has 0 aromatic heterocycles. The van der Waals surface area contributed by atoms with E-state index in [1.807, 2.05) is 13.8 Å². The molecule has 0 atom stereocenters. The Balaban J connectivity index is 1.80. The molecule has 190 valence electrons. The van der Waals surface area contributed by atoms with E-state index in [9.17, 15) is 18.3 Å². The zero-order valence-corrected chi connectivity index (χ0v) is 21.2. The summed E-state index contributed by atoms with van der Waals surface area (Å²) in [7, 11) is -4.07. The first-order valence-electron chi connectivity index (χ1n) is 11.3. The van der Waals surface area contributed by atoms with Gasteiger partial charge >= 0.3 is 0 Å². The van der Waals surface area contributed by atoms with E-state index in [1.54, 1.807) is 55.5 Å². The number of phenolic OH excluding ortho intramolecular Hbond substituents is 1. The van der Waals surface area contributed by atoms with Crippen LogP contribution in [0.2, 0.25) is 0 Å². The number of nitrogens with zero attached hydrogens (tertiary/aromatic N) is 2. The number of aryl methyl sites for hydroxylation is 1. The Morgan fingerprint density at radius 3 is 2.31 bits per heavy atom. The number of hydrazone groups is 1. The molecular formula is C26H29N3O6S. The van der Waals surface area contributed by atoms with Crippen molar-refractivity contribution in [3.05, 3.63) is 77.9 Å². The molecule has 0 unspecified atom stereocenters. The molecular weight excluding hydrogens is 482 g/mol. The highest BCUT2D eigenvalue weighted by molar-refractivity contribution is 7.92. The number of rotatable bonds is 11. The third-order valence-electron chi connectivity index (χ3n) is 5.02. The third kappa shape index (κ3) is 6.76. The van der Waals surface area contributed by atoms with Crippen molar-refractivity contribution >= 4 is 27.8 Å². The minimum Gasteiger partial charge on any atom is -0.504 e. The van der Waals surface area contributed by atoms with Gasteiger partial charge in [0.05, 0.1) is 30.0 Å². The number of aromatic hydroxyl groups is 1. The summed E-state index contributed by atoms with van der Waals surface area (Å²) in [6.45, 7) is 5.86. The first-order chi connectivity index (χ1) is 17.2. The zero-order chi connectivity index (χ0) is 26.1. The van der Waals surface area contributed by atoms with Crippen LogP contribution in [0, 0.1) is 6.92 Å². The van der Waals surface area contributed by atoms with Gasteiger partial charge in [0.1, 0.15) is 12.3 Å². The van der Waals surface area contributed by atoms with Gasteiger partial charge in [-0.2, -0.15) is 5.10 Å². The number of sulfonamides is 1. The second-order valence-corrected chi connectivity index (χ2v) is 9.57. The van der Waals surface area contributed by atoms with Crippen LogP contribution >= 0.6 is 0 Å². The molecule has 0 saturated carbocycles. The van der Waals surface area contributed by atoms with Crippen molar-refractivity contribution in [1.82, 2.24) is 5.43 Å². The summed E-state index contributed by atoms with van der Waals surface area (Å²) in [5, 5.41) is 13.7. The summed E-state index contributed by atoms with van der Waals surface area (Å²) < 4.78 is 38.7. The highest BCUT2D eigenvalue weighted by Crippen LogP contribution is 2.27. The summed E-state index contributed by atoms with van der Waals surface area (Å²) in [6, 6.07) is 17.5. The smallest absolute Gasteiger partial charge is 0.264 e. The van der Waals surface area contributed by atoms with Crippen LogP contribution in [0.3, 0.4) is 0 Å². The van der Waals surface area contributed by atoms with Crippen LogP contribution in [0.15, 0.2) is 76.7 Å². The molecule has 0 fully saturated rings. The number of anilines is 1. The van der Waals surface area contributed by atoms with Gasteiger partial charge in [-0.1, -0.05) is 17.7 Å². The zero-order valence-electron chi connectivity index (χ0n) is 20.3. The van der Waals surface area contributed by atoms with Crippen molar-refractivity contribution in [2.75, 3.05) is 24.1 Å². The van der Waals surface area contributed by atoms with E-state index in [0.717, 1.165) is 9.87 Å². The van der Waals surface area contributed by atoms with Crippen LogP contribution in [0.4, 0.5) is 5.69 Å². The van der Waals surface area contributed by atoms with Gasteiger partial charge < -0.3 is 14.6 Å². The molecule has 2 N–H and O–H groups in total. The van der Waals surface area contributed by atoms with Crippen molar-refractivity contribution in [3.8, 4) is 17.2 Å². The Kier molecular flexibility index (Phi) is 8.91. The summed E-state index contributed by atoms with van der Waals surface area (Å²) in [4.78, 5) is 12.7. The molecule has 1 amide bonds. The van der Waals surface area contributed by atoms with Gasteiger partial charge in [-0.15, -0.1) is 0 Å². The molecule has 0 bridgehead atoms. The highest BCUT2D eigenvalue weighted by Gasteiger charge is 2.27. The first-order valence-corrected chi connectivity index (χ1v) is 12.8. The molecule has 0 saturated heterocycles. The molecule has 36 heavy (non-hydrogen) atoms. The molecule has 9 nitrogen and oxygen atoms in total. The molecule has 0 radical (unpaired) electrons. The Bertz CT molecular complexity index is 1310. The normalized spacial score (nSPS) is 11.3. The molecule has 0 spiro atoms. The van der Waals surface area contributed by atoms with Crippen molar-refractivity contribution in [3.63, 3.8) is 0 Å². The lowest BCUT2D eigenvalue weighted by atomic mass is 10.2. The van der Waals surface area contributed by atoms with Gasteiger partial charge in [0.2, 0.25) is 0 Å². The second kappa shape index (κ2) is 12.1. The number of nitrogens with one attached hydrogen (secondary N) is 1. The summed E-state index contributed by atoms with van der Waals surface area (Å²) >= 11 is 0. The van der Waals surface area contributed by atoms with Crippen molar-refractivity contribution in [2.24, 2.45) is 5.10 Å². The predicted molar refractivity (Wildman–Crippen MR) is 138 cm³/mol. The van der Waals surface area contributed by atoms with Crippen LogP contribution in [0.1, 0.15) is 25.0 Å². The number of ether oxygens (including phenoxy) is 2. The average Bonchev–Trinajstić information content (AvgIpc) is 2.86. The second-order valence-electron chi connectivity index (χ2n) is 7.71. The first kappa shape index (κ1) is 26.6. The quantitative estimate of drug-likeness (QED) is 0.298. The number of carbonyl (C=O) groups is 1. The Hall–Kier alpha value is -4.05. The maximum absolute atomic E-state index is 13.5. The lowest BCUT2D eigenvalue weighted by Crippen LogP contribution is -2.39. The van der Waals surface area contributed by atoms with Gasteiger partial charge in [0.15, 0.2) is 11.5 Å². The van der Waals surface area contributed by atoms with Gasteiger partial charge in [-0.05, 0) is 80.9 Å². The molecule has 0 heterocycles.